The summed E-state index contributed by atoms with van der Waals surface area (Å²) in [6.07, 6.45) is -1.85. The minimum absolute atomic E-state index is 0.0367. The van der Waals surface area contributed by atoms with E-state index in [1.165, 1.54) is 16.7 Å². The van der Waals surface area contributed by atoms with Gasteiger partial charge in [0.2, 0.25) is 20.2 Å². The van der Waals surface area contributed by atoms with Gasteiger partial charge in [0, 0.05) is 42.7 Å². The summed E-state index contributed by atoms with van der Waals surface area (Å²) in [5.41, 5.74) is 0.862. The molecule has 0 radical (unpaired) electrons. The zero-order valence-electron chi connectivity index (χ0n) is 28.2. The third-order valence-electron chi connectivity index (χ3n) is 9.93. The molecule has 2 fully saturated rings. The van der Waals surface area contributed by atoms with Crippen molar-refractivity contribution in [2.45, 2.75) is 76.3 Å². The molecule has 49 heavy (non-hydrogen) atoms. The van der Waals surface area contributed by atoms with Crippen LogP contribution >= 0.6 is 0 Å². The van der Waals surface area contributed by atoms with Crippen LogP contribution in [0.3, 0.4) is 0 Å². The molecule has 3 aliphatic heterocycles. The first-order chi connectivity index (χ1) is 23.3. The Balaban J connectivity index is 1.40. The van der Waals surface area contributed by atoms with Gasteiger partial charge < -0.3 is 28.5 Å². The molecular formula is C37H42FN3O7Si. The normalized spacial score (nSPS) is 24.6. The Morgan fingerprint density at radius 2 is 1.69 bits per heavy atom. The number of ether oxygens (including phenoxy) is 2. The van der Waals surface area contributed by atoms with Crippen LogP contribution in [-0.2, 0) is 47.3 Å². The molecule has 258 valence electrons. The number of halogens is 1. The molecule has 3 heterocycles. The first-order valence-corrected chi connectivity index (χ1v) is 19.6. The van der Waals surface area contributed by atoms with Crippen molar-refractivity contribution in [2.75, 3.05) is 23.0 Å². The molecule has 1 N–H and O–H groups in total. The zero-order valence-corrected chi connectivity index (χ0v) is 29.2. The number of fused-ring (bicyclic) bond motifs is 2. The van der Waals surface area contributed by atoms with Gasteiger partial charge in [-0.25, -0.2) is 0 Å². The molecule has 12 heteroatoms. The number of hydrogen-bond acceptors (Lipinski definition) is 7. The first-order valence-electron chi connectivity index (χ1n) is 16.6. The quantitative estimate of drug-likeness (QED) is 0.130. The zero-order chi connectivity index (χ0) is 35.1. The van der Waals surface area contributed by atoms with Crippen LogP contribution in [0.4, 0.5) is 15.5 Å². The molecule has 0 aliphatic carbocycles. The van der Waals surface area contributed by atoms with E-state index in [1.807, 2.05) is 67.6 Å². The summed E-state index contributed by atoms with van der Waals surface area (Å²) in [7, 11) is -3.59. The van der Waals surface area contributed by atoms with Crippen molar-refractivity contribution in [1.82, 2.24) is 4.90 Å². The molecule has 3 aromatic rings. The lowest BCUT2D eigenvalue weighted by atomic mass is 9.82. The lowest BCUT2D eigenvalue weighted by molar-refractivity contribution is -0.154. The summed E-state index contributed by atoms with van der Waals surface area (Å²) in [5, 5.41) is 9.81. The Morgan fingerprint density at radius 3 is 2.29 bits per heavy atom. The van der Waals surface area contributed by atoms with Gasteiger partial charge in [-0.1, -0.05) is 67.6 Å². The number of anilines is 2. The summed E-state index contributed by atoms with van der Waals surface area (Å²) in [5.74, 6) is -2.11. The van der Waals surface area contributed by atoms with E-state index in [-0.39, 0.29) is 56.8 Å². The van der Waals surface area contributed by atoms with Crippen molar-refractivity contribution in [3.8, 4) is 0 Å². The van der Waals surface area contributed by atoms with Crippen LogP contribution in [-0.4, -0.2) is 67.6 Å². The van der Waals surface area contributed by atoms with E-state index in [0.29, 0.717) is 16.9 Å². The number of β-lactam (4-membered cyclic amide) rings is 1. The molecule has 0 saturated carbocycles. The van der Waals surface area contributed by atoms with Crippen molar-refractivity contribution in [1.29, 1.82) is 0 Å². The lowest BCUT2D eigenvalue weighted by Crippen LogP contribution is -2.55. The van der Waals surface area contributed by atoms with Crippen molar-refractivity contribution in [3.05, 3.63) is 95.6 Å². The SMILES string of the molecule is CC(=O)OC1CC(=O)N1c1ccc2c(c1)[C@@]1(O[C@H](CC(=O)N(CCO)Cc3ccccc3)[C@@H]([Si](C)(C)F)[C@@H]1C)C(=O)N2Cc1ccccc1. The van der Waals surface area contributed by atoms with E-state index < -0.39 is 43.8 Å². The van der Waals surface area contributed by atoms with Gasteiger partial charge in [-0.15, -0.1) is 0 Å². The highest BCUT2D eigenvalue weighted by molar-refractivity contribution is 6.72. The number of benzene rings is 3. The third kappa shape index (κ3) is 6.40. The standard InChI is InChI=1S/C37H42FN3O7Si/c1-24-35(49(3,4)38)31(20-32(44)39(17-18-42)22-26-11-7-5-8-12-26)48-37(24)29-19-28(41-33(45)21-34(41)47-25(2)43)15-16-30(29)40(36(37)46)23-27-13-9-6-10-14-27/h5-16,19,24,31,34-35,42H,17-18,20-23H2,1-4H3/t24-,31+,34?,35-,37+/m0/s1. The fraction of sp³-hybridized carbons (Fsp3) is 0.405. The van der Waals surface area contributed by atoms with Crippen LogP contribution in [0.2, 0.25) is 18.6 Å². The Kier molecular flexibility index (Phi) is 9.49. The largest absolute Gasteiger partial charge is 0.441 e. The Bertz CT molecular complexity index is 1740. The molecule has 0 aromatic heterocycles. The number of carbonyl (C=O) groups is 4. The summed E-state index contributed by atoms with van der Waals surface area (Å²) >= 11 is 0. The highest BCUT2D eigenvalue weighted by atomic mass is 28.4. The van der Waals surface area contributed by atoms with Crippen molar-refractivity contribution < 1.29 is 37.9 Å². The third-order valence-corrected chi connectivity index (χ3v) is 12.4. The van der Waals surface area contributed by atoms with E-state index in [1.54, 1.807) is 36.2 Å². The topological polar surface area (TPSA) is 117 Å². The molecule has 1 spiro atoms. The van der Waals surface area contributed by atoms with Crippen LogP contribution in [0.5, 0.6) is 0 Å². The molecule has 5 atom stereocenters. The van der Waals surface area contributed by atoms with E-state index in [4.69, 9.17) is 9.47 Å². The monoisotopic (exact) mass is 687 g/mol. The average Bonchev–Trinajstić information content (AvgIpc) is 3.47. The second-order valence-electron chi connectivity index (χ2n) is 13.6. The summed E-state index contributed by atoms with van der Waals surface area (Å²) in [6, 6.07) is 24.1. The van der Waals surface area contributed by atoms with Gasteiger partial charge in [-0.3, -0.25) is 24.1 Å². The minimum atomic E-state index is -3.59. The van der Waals surface area contributed by atoms with Gasteiger partial charge >= 0.3 is 5.97 Å². The highest BCUT2D eigenvalue weighted by Gasteiger charge is 2.67. The van der Waals surface area contributed by atoms with Crippen molar-refractivity contribution in [2.24, 2.45) is 5.92 Å². The molecule has 2 saturated heterocycles. The van der Waals surface area contributed by atoms with E-state index >= 15 is 4.11 Å². The number of nitrogens with zero attached hydrogens (tertiary/aromatic N) is 3. The number of carbonyl (C=O) groups excluding carboxylic acids is 4. The first kappa shape index (κ1) is 34.5. The number of rotatable bonds is 11. The van der Waals surface area contributed by atoms with Crippen molar-refractivity contribution in [3.63, 3.8) is 0 Å². The van der Waals surface area contributed by atoms with Gasteiger partial charge in [0.25, 0.3) is 5.91 Å². The van der Waals surface area contributed by atoms with E-state index in [0.717, 1.165) is 11.1 Å². The van der Waals surface area contributed by atoms with E-state index in [9.17, 15) is 24.3 Å². The Morgan fingerprint density at radius 1 is 1.04 bits per heavy atom. The molecule has 10 nitrogen and oxygen atoms in total. The van der Waals surface area contributed by atoms with Crippen molar-refractivity contribution >= 4 is 43.5 Å². The fourth-order valence-electron chi connectivity index (χ4n) is 7.81. The van der Waals surface area contributed by atoms with Gasteiger partial charge in [0.05, 0.1) is 37.8 Å². The molecular weight excluding hydrogens is 646 g/mol. The lowest BCUT2D eigenvalue weighted by Gasteiger charge is -2.39. The Hall–Kier alpha value is -4.39. The maximum Gasteiger partial charge on any atom is 0.304 e. The molecule has 0 bridgehead atoms. The van der Waals surface area contributed by atoms with Crippen LogP contribution in [0.15, 0.2) is 78.9 Å². The average molecular weight is 688 g/mol. The number of esters is 1. The number of aliphatic hydroxyl groups excluding tert-OH is 1. The van der Waals surface area contributed by atoms with Gasteiger partial charge in [0.1, 0.15) is 0 Å². The molecule has 3 amide bonds. The van der Waals surface area contributed by atoms with Gasteiger partial charge in [0.15, 0.2) is 11.8 Å². The van der Waals surface area contributed by atoms with Crippen LogP contribution in [0.25, 0.3) is 0 Å². The van der Waals surface area contributed by atoms with E-state index in [2.05, 4.69) is 0 Å². The molecule has 3 aromatic carbocycles. The molecule has 1 unspecified atom stereocenters. The number of aliphatic hydroxyl groups is 1. The summed E-state index contributed by atoms with van der Waals surface area (Å²) < 4.78 is 28.7. The Labute approximate surface area is 286 Å². The fourth-order valence-corrected chi connectivity index (χ4v) is 10.3. The summed E-state index contributed by atoms with van der Waals surface area (Å²) in [6.45, 7) is 6.57. The predicted molar refractivity (Wildman–Crippen MR) is 183 cm³/mol. The van der Waals surface area contributed by atoms with Crippen LogP contribution in [0.1, 0.15) is 43.4 Å². The second-order valence-corrected chi connectivity index (χ2v) is 17.4. The maximum absolute atomic E-state index is 16.5. The van der Waals surface area contributed by atoms with Gasteiger partial charge in [-0.2, -0.15) is 0 Å². The summed E-state index contributed by atoms with van der Waals surface area (Å²) in [4.78, 5) is 57.8. The number of amides is 3. The second kappa shape index (κ2) is 13.5. The highest BCUT2D eigenvalue weighted by Crippen LogP contribution is 2.61. The van der Waals surface area contributed by atoms with Crippen LogP contribution < -0.4 is 9.80 Å². The minimum Gasteiger partial charge on any atom is -0.441 e. The number of hydrogen-bond donors (Lipinski definition) is 1. The molecule has 3 aliphatic rings. The smallest absolute Gasteiger partial charge is 0.304 e. The predicted octanol–water partition coefficient (Wildman–Crippen LogP) is 5.05. The molecule has 6 rings (SSSR count). The van der Waals surface area contributed by atoms with Gasteiger partial charge in [-0.05, 0) is 42.4 Å². The maximum atomic E-state index is 16.5. The van der Waals surface area contributed by atoms with Crippen LogP contribution in [0, 0.1) is 5.92 Å².